The van der Waals surface area contributed by atoms with E-state index in [9.17, 15) is 0 Å². The van der Waals surface area contributed by atoms with Crippen molar-refractivity contribution in [3.05, 3.63) is 42.2 Å². The zero-order chi connectivity index (χ0) is 13.0. The Hall–Kier alpha value is -1.94. The molecule has 0 radical (unpaired) electrons. The highest BCUT2D eigenvalue weighted by Crippen LogP contribution is 2.20. The molecule has 0 spiro atoms. The van der Waals surface area contributed by atoms with Gasteiger partial charge >= 0.3 is 0 Å². The summed E-state index contributed by atoms with van der Waals surface area (Å²) in [5.74, 6) is 6.63. The molecule has 0 amide bonds. The average molecular weight is 242 g/mol. The molecule has 4 nitrogen and oxygen atoms in total. The van der Waals surface area contributed by atoms with Crippen LogP contribution >= 0.6 is 0 Å². The van der Waals surface area contributed by atoms with Crippen LogP contribution in [0.15, 0.2) is 36.5 Å². The predicted octanol–water partition coefficient (Wildman–Crippen LogP) is 2.63. The van der Waals surface area contributed by atoms with Gasteiger partial charge in [0.15, 0.2) is 5.82 Å². The van der Waals surface area contributed by atoms with Gasteiger partial charge < -0.3 is 5.43 Å². The van der Waals surface area contributed by atoms with Gasteiger partial charge in [0.05, 0.1) is 17.6 Å². The van der Waals surface area contributed by atoms with Crippen molar-refractivity contribution in [2.75, 3.05) is 5.43 Å². The molecule has 1 aromatic heterocycles. The van der Waals surface area contributed by atoms with Crippen molar-refractivity contribution >= 4 is 5.82 Å². The molecule has 0 unspecified atom stereocenters. The summed E-state index contributed by atoms with van der Waals surface area (Å²) in [6, 6.07) is 10.0. The highest BCUT2D eigenvalue weighted by Gasteiger charge is 2.09. The molecule has 0 aliphatic carbocycles. The van der Waals surface area contributed by atoms with Crippen molar-refractivity contribution in [2.24, 2.45) is 11.8 Å². The van der Waals surface area contributed by atoms with Gasteiger partial charge in [0.25, 0.3) is 0 Å². The molecule has 0 aliphatic heterocycles. The van der Waals surface area contributed by atoms with E-state index in [0.717, 1.165) is 23.4 Å². The maximum Gasteiger partial charge on any atom is 0.161 e. The number of nitrogens with zero attached hydrogens (tertiary/aromatic N) is 2. The molecule has 3 N–H and O–H groups in total. The first-order valence-corrected chi connectivity index (χ1v) is 6.08. The molecular weight excluding hydrogens is 224 g/mol. The molecule has 1 heterocycles. The monoisotopic (exact) mass is 242 g/mol. The van der Waals surface area contributed by atoms with Crippen molar-refractivity contribution in [1.82, 2.24) is 9.97 Å². The molecule has 0 saturated carbocycles. The van der Waals surface area contributed by atoms with E-state index in [0.29, 0.717) is 11.7 Å². The van der Waals surface area contributed by atoms with Gasteiger partial charge in [0.2, 0.25) is 0 Å². The minimum Gasteiger partial charge on any atom is -0.307 e. The van der Waals surface area contributed by atoms with Gasteiger partial charge in [0.1, 0.15) is 0 Å². The fourth-order valence-electron chi connectivity index (χ4n) is 1.83. The van der Waals surface area contributed by atoms with Crippen molar-refractivity contribution < 1.29 is 0 Å². The maximum atomic E-state index is 5.46. The summed E-state index contributed by atoms with van der Waals surface area (Å²) in [6.07, 6.45) is 2.60. The fraction of sp³-hybridized carbons (Fsp3) is 0.286. The molecule has 4 heteroatoms. The summed E-state index contributed by atoms with van der Waals surface area (Å²) < 4.78 is 0. The van der Waals surface area contributed by atoms with Crippen LogP contribution in [0.4, 0.5) is 5.82 Å². The van der Waals surface area contributed by atoms with E-state index >= 15 is 0 Å². The number of nitrogens with two attached hydrogens (primary N) is 1. The zero-order valence-corrected chi connectivity index (χ0v) is 10.7. The molecule has 0 aliphatic rings. The number of rotatable bonds is 4. The van der Waals surface area contributed by atoms with Crippen molar-refractivity contribution in [3.63, 3.8) is 0 Å². The lowest BCUT2D eigenvalue weighted by atomic mass is 10.1. The number of hydrogen-bond donors (Lipinski definition) is 2. The van der Waals surface area contributed by atoms with Crippen LogP contribution in [0.25, 0.3) is 11.3 Å². The van der Waals surface area contributed by atoms with Gasteiger partial charge in [-0.15, -0.1) is 0 Å². The Morgan fingerprint density at radius 3 is 2.56 bits per heavy atom. The second-order valence-electron chi connectivity index (χ2n) is 4.66. The summed E-state index contributed by atoms with van der Waals surface area (Å²) in [4.78, 5) is 8.98. The van der Waals surface area contributed by atoms with Gasteiger partial charge in [-0.3, -0.25) is 0 Å². The van der Waals surface area contributed by atoms with Gasteiger partial charge in [-0.1, -0.05) is 44.2 Å². The number of anilines is 1. The van der Waals surface area contributed by atoms with E-state index < -0.39 is 0 Å². The molecule has 2 rings (SSSR count). The third-order valence-electron chi connectivity index (χ3n) is 2.65. The van der Waals surface area contributed by atoms with Crippen LogP contribution in [0.3, 0.4) is 0 Å². The van der Waals surface area contributed by atoms with Gasteiger partial charge in [-0.05, 0) is 12.3 Å². The van der Waals surface area contributed by atoms with Crippen LogP contribution < -0.4 is 11.3 Å². The summed E-state index contributed by atoms with van der Waals surface area (Å²) in [5.41, 5.74) is 5.46. The SMILES string of the molecule is CC(C)Cc1nc(-c2ccccc2)cnc1NN. The van der Waals surface area contributed by atoms with Crippen LogP contribution in [0, 0.1) is 5.92 Å². The molecular formula is C14H18N4. The van der Waals surface area contributed by atoms with Gasteiger partial charge in [-0.25, -0.2) is 15.8 Å². The highest BCUT2D eigenvalue weighted by atomic mass is 15.3. The van der Waals surface area contributed by atoms with E-state index in [4.69, 9.17) is 5.84 Å². The van der Waals surface area contributed by atoms with E-state index in [1.165, 1.54) is 0 Å². The highest BCUT2D eigenvalue weighted by molar-refractivity contribution is 5.59. The first-order valence-electron chi connectivity index (χ1n) is 6.08. The van der Waals surface area contributed by atoms with Gasteiger partial charge in [0, 0.05) is 5.56 Å². The van der Waals surface area contributed by atoms with E-state index in [1.54, 1.807) is 6.20 Å². The molecule has 2 aromatic rings. The lowest BCUT2D eigenvalue weighted by molar-refractivity contribution is 0.634. The second-order valence-corrected chi connectivity index (χ2v) is 4.66. The Kier molecular flexibility index (Phi) is 3.89. The topological polar surface area (TPSA) is 63.8 Å². The summed E-state index contributed by atoms with van der Waals surface area (Å²) in [7, 11) is 0. The Labute approximate surface area is 107 Å². The minimum absolute atomic E-state index is 0.512. The Bertz CT molecular complexity index is 508. The number of nitrogen functional groups attached to an aromatic ring is 1. The molecule has 0 atom stereocenters. The molecule has 0 fully saturated rings. The minimum atomic E-state index is 0.512. The van der Waals surface area contributed by atoms with E-state index in [2.05, 4.69) is 29.2 Å². The maximum absolute atomic E-state index is 5.46. The lowest BCUT2D eigenvalue weighted by Crippen LogP contribution is -2.13. The number of hydrazine groups is 1. The lowest BCUT2D eigenvalue weighted by Gasteiger charge is -2.11. The van der Waals surface area contributed by atoms with Crippen molar-refractivity contribution in [3.8, 4) is 11.3 Å². The van der Waals surface area contributed by atoms with Crippen LogP contribution in [0.1, 0.15) is 19.5 Å². The van der Waals surface area contributed by atoms with Gasteiger partial charge in [-0.2, -0.15) is 0 Å². The smallest absolute Gasteiger partial charge is 0.161 e. The number of benzene rings is 1. The normalized spacial score (nSPS) is 10.7. The second kappa shape index (κ2) is 5.60. The zero-order valence-electron chi connectivity index (χ0n) is 10.7. The largest absolute Gasteiger partial charge is 0.307 e. The van der Waals surface area contributed by atoms with Crippen molar-refractivity contribution in [2.45, 2.75) is 20.3 Å². The van der Waals surface area contributed by atoms with E-state index in [1.807, 2.05) is 30.3 Å². The summed E-state index contributed by atoms with van der Waals surface area (Å²) in [6.45, 7) is 4.30. The molecule has 1 aromatic carbocycles. The number of hydrogen-bond acceptors (Lipinski definition) is 4. The van der Waals surface area contributed by atoms with Crippen molar-refractivity contribution in [1.29, 1.82) is 0 Å². The first-order chi connectivity index (χ1) is 8.70. The standard InChI is InChI=1S/C14H18N4/c1-10(2)8-12-14(18-15)16-9-13(17-12)11-6-4-3-5-7-11/h3-7,9-10H,8,15H2,1-2H3,(H,16,18). The molecule has 18 heavy (non-hydrogen) atoms. The fourth-order valence-corrected chi connectivity index (χ4v) is 1.83. The first kappa shape index (κ1) is 12.5. The summed E-state index contributed by atoms with van der Waals surface area (Å²) >= 11 is 0. The predicted molar refractivity (Wildman–Crippen MR) is 73.8 cm³/mol. The van der Waals surface area contributed by atoms with Crippen LogP contribution in [0.5, 0.6) is 0 Å². The molecule has 94 valence electrons. The molecule has 0 bridgehead atoms. The third kappa shape index (κ3) is 2.84. The Morgan fingerprint density at radius 2 is 1.94 bits per heavy atom. The van der Waals surface area contributed by atoms with Crippen LogP contribution in [-0.4, -0.2) is 9.97 Å². The summed E-state index contributed by atoms with van der Waals surface area (Å²) in [5, 5.41) is 0. The van der Waals surface area contributed by atoms with E-state index in [-0.39, 0.29) is 0 Å². The third-order valence-corrected chi connectivity index (χ3v) is 2.65. The molecule has 0 saturated heterocycles. The number of nitrogens with one attached hydrogen (secondary N) is 1. The Morgan fingerprint density at radius 1 is 1.22 bits per heavy atom. The Balaban J connectivity index is 2.39. The van der Waals surface area contributed by atoms with Crippen LogP contribution in [-0.2, 0) is 6.42 Å². The average Bonchev–Trinajstić information content (AvgIpc) is 2.39. The van der Waals surface area contributed by atoms with Crippen LogP contribution in [0.2, 0.25) is 0 Å². The quantitative estimate of drug-likeness (QED) is 0.639. The number of aromatic nitrogens is 2.